The van der Waals surface area contributed by atoms with Crippen LogP contribution in [0, 0.1) is 17.2 Å². The van der Waals surface area contributed by atoms with Crippen LogP contribution in [0.4, 0.5) is 0 Å². The molecule has 5 rings (SSSR count). The minimum atomic E-state index is -0.246. The molecule has 0 spiro atoms. The van der Waals surface area contributed by atoms with Gasteiger partial charge in [0.05, 0.1) is 24.2 Å². The Kier molecular flexibility index (Phi) is 3.61. The van der Waals surface area contributed by atoms with Gasteiger partial charge in [-0.15, -0.1) is 0 Å². The lowest BCUT2D eigenvalue weighted by Crippen LogP contribution is -2.20. The monoisotopic (exact) mass is 348 g/mol. The van der Waals surface area contributed by atoms with Gasteiger partial charge in [-0.25, -0.2) is 9.97 Å². The zero-order valence-corrected chi connectivity index (χ0v) is 14.7. The van der Waals surface area contributed by atoms with E-state index >= 15 is 0 Å². The molecular formula is C19H20N6O. The zero-order valence-electron chi connectivity index (χ0n) is 14.7. The summed E-state index contributed by atoms with van der Waals surface area (Å²) in [4.78, 5) is 10.7. The highest BCUT2D eigenvalue weighted by Crippen LogP contribution is 2.48. The van der Waals surface area contributed by atoms with Gasteiger partial charge in [0.2, 0.25) is 0 Å². The first kappa shape index (κ1) is 15.6. The van der Waals surface area contributed by atoms with Gasteiger partial charge >= 0.3 is 0 Å². The maximum Gasteiger partial charge on any atom is 0.138 e. The molecule has 1 saturated carbocycles. The summed E-state index contributed by atoms with van der Waals surface area (Å²) < 4.78 is 5.79. The molecular weight excluding hydrogens is 328 g/mol. The SMILES string of the molecule is COC1C2=CCc3ncnc(c32)-c2nn(C(CC#N)C3CCCC3)nc21. The lowest BCUT2D eigenvalue weighted by molar-refractivity contribution is 0.145. The van der Waals surface area contributed by atoms with Crippen molar-refractivity contribution in [3.05, 3.63) is 29.4 Å². The highest BCUT2D eigenvalue weighted by Gasteiger charge is 2.39. The molecule has 2 unspecified atom stereocenters. The average molecular weight is 348 g/mol. The molecule has 0 aliphatic heterocycles. The Labute approximate surface area is 151 Å². The van der Waals surface area contributed by atoms with E-state index in [2.05, 4.69) is 22.1 Å². The number of fused-ring (bicyclic) bond motifs is 2. The van der Waals surface area contributed by atoms with Crippen molar-refractivity contribution in [1.29, 1.82) is 5.26 Å². The molecule has 3 aliphatic carbocycles. The smallest absolute Gasteiger partial charge is 0.138 e. The van der Waals surface area contributed by atoms with E-state index in [1.54, 1.807) is 18.2 Å². The largest absolute Gasteiger partial charge is 0.370 e. The molecule has 2 heterocycles. The van der Waals surface area contributed by atoms with Crippen molar-refractivity contribution in [2.75, 3.05) is 7.11 Å². The number of nitriles is 1. The second-order valence-electron chi connectivity index (χ2n) is 7.25. The van der Waals surface area contributed by atoms with E-state index in [1.807, 2.05) is 0 Å². The van der Waals surface area contributed by atoms with Crippen molar-refractivity contribution in [3.63, 3.8) is 0 Å². The van der Waals surface area contributed by atoms with Crippen molar-refractivity contribution >= 4 is 5.57 Å². The molecule has 0 radical (unpaired) electrons. The molecule has 0 N–H and O–H groups in total. The summed E-state index contributed by atoms with van der Waals surface area (Å²) in [5.74, 6) is 0.466. The number of aromatic nitrogens is 5. The molecule has 1 fully saturated rings. The fourth-order valence-corrected chi connectivity index (χ4v) is 4.69. The standard InChI is InChI=1S/C19H20N6O/c1-26-19-12-6-7-13-15(12)16(22-10-21-13)17-18(19)24-25(23-17)14(8-9-20)11-4-2-3-5-11/h6,10-11,14,19H,2-5,7-8H2,1H3. The number of allylic oxidation sites excluding steroid dienone is 1. The Bertz CT molecular complexity index is 934. The Morgan fingerprint density at radius 2 is 2.12 bits per heavy atom. The van der Waals surface area contributed by atoms with Gasteiger partial charge in [-0.2, -0.15) is 20.3 Å². The Balaban J connectivity index is 1.64. The lowest BCUT2D eigenvalue weighted by Gasteiger charge is -2.22. The van der Waals surface area contributed by atoms with Crippen molar-refractivity contribution < 1.29 is 4.74 Å². The Morgan fingerprint density at radius 3 is 2.88 bits per heavy atom. The first-order valence-corrected chi connectivity index (χ1v) is 9.23. The number of hydrogen-bond donors (Lipinski definition) is 0. The number of ether oxygens (including phenoxy) is 1. The van der Waals surface area contributed by atoms with Gasteiger partial charge in [0.25, 0.3) is 0 Å². The van der Waals surface area contributed by atoms with Crippen LogP contribution < -0.4 is 0 Å². The van der Waals surface area contributed by atoms with Crippen LogP contribution in [0.5, 0.6) is 0 Å². The van der Waals surface area contributed by atoms with E-state index in [-0.39, 0.29) is 12.1 Å². The summed E-state index contributed by atoms with van der Waals surface area (Å²) in [6, 6.07) is 2.35. The fourth-order valence-electron chi connectivity index (χ4n) is 4.69. The number of nitrogens with zero attached hydrogens (tertiary/aromatic N) is 6. The van der Waals surface area contributed by atoms with Crippen LogP contribution in [0.3, 0.4) is 0 Å². The third-order valence-corrected chi connectivity index (χ3v) is 5.92. The van der Waals surface area contributed by atoms with E-state index < -0.39 is 0 Å². The van der Waals surface area contributed by atoms with E-state index in [1.165, 1.54) is 12.8 Å². The molecule has 2 atom stereocenters. The van der Waals surface area contributed by atoms with Crippen molar-refractivity contribution in [2.24, 2.45) is 5.92 Å². The third kappa shape index (κ3) is 2.15. The second-order valence-corrected chi connectivity index (χ2v) is 7.25. The molecule has 3 aliphatic rings. The first-order chi connectivity index (χ1) is 12.8. The minimum absolute atomic E-state index is 0.0192. The summed E-state index contributed by atoms with van der Waals surface area (Å²) in [7, 11) is 1.70. The normalized spacial score (nSPS) is 21.8. The van der Waals surface area contributed by atoms with E-state index in [0.29, 0.717) is 12.3 Å². The van der Waals surface area contributed by atoms with E-state index in [9.17, 15) is 5.26 Å². The molecule has 26 heavy (non-hydrogen) atoms. The highest BCUT2D eigenvalue weighted by molar-refractivity contribution is 5.89. The summed E-state index contributed by atoms with van der Waals surface area (Å²) >= 11 is 0. The van der Waals surface area contributed by atoms with Crippen LogP contribution in [0.15, 0.2) is 12.4 Å². The topological polar surface area (TPSA) is 89.5 Å². The van der Waals surface area contributed by atoms with Gasteiger partial charge in [0.1, 0.15) is 29.5 Å². The fraction of sp³-hybridized carbons (Fsp3) is 0.526. The number of hydrogen-bond acceptors (Lipinski definition) is 6. The highest BCUT2D eigenvalue weighted by atomic mass is 16.5. The van der Waals surface area contributed by atoms with Crippen LogP contribution in [-0.4, -0.2) is 32.1 Å². The maximum absolute atomic E-state index is 9.33. The van der Waals surface area contributed by atoms with Crippen LogP contribution in [0.1, 0.15) is 61.2 Å². The van der Waals surface area contributed by atoms with Crippen molar-refractivity contribution in [3.8, 4) is 17.5 Å². The van der Waals surface area contributed by atoms with Gasteiger partial charge in [-0.05, 0) is 24.3 Å². The summed E-state index contributed by atoms with van der Waals surface area (Å²) in [5, 5.41) is 19.0. The van der Waals surface area contributed by atoms with Crippen molar-refractivity contribution in [2.45, 2.75) is 50.7 Å². The van der Waals surface area contributed by atoms with Gasteiger partial charge in [0.15, 0.2) is 0 Å². The number of rotatable bonds is 4. The number of methoxy groups -OCH3 is 1. The minimum Gasteiger partial charge on any atom is -0.370 e. The van der Waals surface area contributed by atoms with Gasteiger partial charge < -0.3 is 4.74 Å². The predicted molar refractivity (Wildman–Crippen MR) is 93.7 cm³/mol. The Morgan fingerprint density at radius 1 is 1.27 bits per heavy atom. The van der Waals surface area contributed by atoms with E-state index in [0.717, 1.165) is 53.2 Å². The third-order valence-electron chi connectivity index (χ3n) is 5.92. The molecule has 0 bridgehead atoms. The van der Waals surface area contributed by atoms with Crippen LogP contribution in [-0.2, 0) is 11.2 Å². The van der Waals surface area contributed by atoms with Gasteiger partial charge in [-0.3, -0.25) is 0 Å². The van der Waals surface area contributed by atoms with Crippen molar-refractivity contribution in [1.82, 2.24) is 25.0 Å². The lowest BCUT2D eigenvalue weighted by atomic mass is 9.91. The summed E-state index contributed by atoms with van der Waals surface area (Å²) in [5.41, 5.74) is 5.59. The van der Waals surface area contributed by atoms with E-state index in [4.69, 9.17) is 14.9 Å². The summed E-state index contributed by atoms with van der Waals surface area (Å²) in [6.07, 6.45) is 9.46. The zero-order chi connectivity index (χ0) is 17.7. The summed E-state index contributed by atoms with van der Waals surface area (Å²) in [6.45, 7) is 0. The van der Waals surface area contributed by atoms with Gasteiger partial charge in [-0.1, -0.05) is 18.9 Å². The van der Waals surface area contributed by atoms with Crippen LogP contribution in [0.2, 0.25) is 0 Å². The molecule has 132 valence electrons. The quantitative estimate of drug-likeness (QED) is 0.844. The molecule has 7 heteroatoms. The second kappa shape index (κ2) is 5.99. The molecule has 7 nitrogen and oxygen atoms in total. The average Bonchev–Trinajstić information content (AvgIpc) is 3.40. The molecule has 0 aromatic carbocycles. The van der Waals surface area contributed by atoms with Gasteiger partial charge in [0, 0.05) is 19.1 Å². The molecule has 2 aromatic rings. The predicted octanol–water partition coefficient (Wildman–Crippen LogP) is 3.02. The maximum atomic E-state index is 9.33. The first-order valence-electron chi connectivity index (χ1n) is 9.23. The van der Waals surface area contributed by atoms with Crippen LogP contribution in [0.25, 0.3) is 17.0 Å². The molecule has 2 aromatic heterocycles. The van der Waals surface area contributed by atoms with Crippen LogP contribution >= 0.6 is 0 Å². The Hall–Kier alpha value is -2.59. The molecule has 0 saturated heterocycles. The molecule has 0 amide bonds.